The van der Waals surface area contributed by atoms with E-state index in [2.05, 4.69) is 11.7 Å². The highest BCUT2D eigenvalue weighted by Gasteiger charge is 2.36. The SMILES string of the molecule is CCCC1CCC(C2CCC(c3ccc(OC(F)(F)c4ccc(OC(F)F)c(F)c4)cc3)CC2)CC1. The number of halogens is 5. The Morgan fingerprint density at radius 3 is 2.03 bits per heavy atom. The Kier molecular flexibility index (Phi) is 8.78. The summed E-state index contributed by atoms with van der Waals surface area (Å²) < 4.78 is 76.4. The molecule has 2 aliphatic rings. The molecule has 2 nitrogen and oxygen atoms in total. The summed E-state index contributed by atoms with van der Waals surface area (Å²) in [4.78, 5) is 0. The molecular formula is C29H35F5O2. The van der Waals surface area contributed by atoms with Gasteiger partial charge in [0.2, 0.25) is 0 Å². The summed E-state index contributed by atoms with van der Waals surface area (Å²) in [5.74, 6) is 0.858. The average Bonchev–Trinajstić information content (AvgIpc) is 2.86. The van der Waals surface area contributed by atoms with Crippen LogP contribution in [0.4, 0.5) is 22.0 Å². The van der Waals surface area contributed by atoms with E-state index in [-0.39, 0.29) is 5.75 Å². The van der Waals surface area contributed by atoms with E-state index in [0.29, 0.717) is 12.0 Å². The predicted molar refractivity (Wildman–Crippen MR) is 129 cm³/mol. The van der Waals surface area contributed by atoms with Crippen molar-refractivity contribution in [2.45, 2.75) is 89.8 Å². The van der Waals surface area contributed by atoms with Gasteiger partial charge in [-0.15, -0.1) is 0 Å². The predicted octanol–water partition coefficient (Wildman–Crippen LogP) is 9.44. The fraction of sp³-hybridized carbons (Fsp3) is 0.586. The van der Waals surface area contributed by atoms with Crippen LogP contribution in [0.2, 0.25) is 0 Å². The van der Waals surface area contributed by atoms with Crippen molar-refractivity contribution in [3.63, 3.8) is 0 Å². The van der Waals surface area contributed by atoms with Gasteiger partial charge in [-0.3, -0.25) is 0 Å². The minimum absolute atomic E-state index is 0.0467. The second-order valence-corrected chi connectivity index (χ2v) is 10.4. The lowest BCUT2D eigenvalue weighted by Crippen LogP contribution is -2.25. The Morgan fingerprint density at radius 2 is 1.47 bits per heavy atom. The highest BCUT2D eigenvalue weighted by Crippen LogP contribution is 2.45. The number of ether oxygens (including phenoxy) is 2. The van der Waals surface area contributed by atoms with Crippen molar-refractivity contribution >= 4 is 0 Å². The van der Waals surface area contributed by atoms with E-state index in [1.54, 1.807) is 0 Å². The largest absolute Gasteiger partial charge is 0.432 e. The first-order valence-electron chi connectivity index (χ1n) is 13.2. The molecule has 0 radical (unpaired) electrons. The van der Waals surface area contributed by atoms with Gasteiger partial charge in [0, 0.05) is 0 Å². The van der Waals surface area contributed by atoms with Crippen molar-refractivity contribution in [1.82, 2.24) is 0 Å². The molecular weight excluding hydrogens is 475 g/mol. The van der Waals surface area contributed by atoms with E-state index in [4.69, 9.17) is 4.74 Å². The van der Waals surface area contributed by atoms with Gasteiger partial charge in [-0.05, 0) is 98.1 Å². The van der Waals surface area contributed by atoms with Crippen LogP contribution >= 0.6 is 0 Å². The van der Waals surface area contributed by atoms with Crippen LogP contribution < -0.4 is 9.47 Å². The molecule has 36 heavy (non-hydrogen) atoms. The minimum Gasteiger partial charge on any atom is -0.432 e. The maximum Gasteiger partial charge on any atom is 0.426 e. The first kappa shape index (κ1) is 26.7. The molecule has 198 valence electrons. The van der Waals surface area contributed by atoms with E-state index in [0.717, 1.165) is 48.3 Å². The van der Waals surface area contributed by atoms with Crippen molar-refractivity contribution in [3.05, 3.63) is 59.4 Å². The number of benzene rings is 2. The van der Waals surface area contributed by atoms with E-state index >= 15 is 0 Å². The lowest BCUT2D eigenvalue weighted by atomic mass is 9.68. The van der Waals surface area contributed by atoms with Gasteiger partial charge in [-0.1, -0.05) is 44.7 Å². The molecule has 0 N–H and O–H groups in total. The molecule has 0 amide bonds. The molecule has 0 heterocycles. The van der Waals surface area contributed by atoms with Crippen LogP contribution in [0.25, 0.3) is 0 Å². The van der Waals surface area contributed by atoms with Gasteiger partial charge >= 0.3 is 12.7 Å². The Balaban J connectivity index is 1.30. The summed E-state index contributed by atoms with van der Waals surface area (Å²) in [7, 11) is 0. The molecule has 2 fully saturated rings. The standard InChI is InChI=1S/C29H35F5O2/c1-2-3-19-4-6-20(7-5-19)21-8-10-22(11-9-21)23-12-15-25(16-13-23)36-29(33,34)24-14-17-27(26(30)18-24)35-28(31)32/h12-22,28H,2-11H2,1H3. The number of alkyl halides is 4. The smallest absolute Gasteiger partial charge is 0.426 e. The fourth-order valence-corrected chi connectivity index (χ4v) is 6.17. The molecule has 2 aromatic rings. The van der Waals surface area contributed by atoms with E-state index in [1.165, 1.54) is 63.5 Å². The third kappa shape index (κ3) is 6.71. The van der Waals surface area contributed by atoms with Gasteiger partial charge in [-0.2, -0.15) is 17.6 Å². The monoisotopic (exact) mass is 510 g/mol. The van der Waals surface area contributed by atoms with Crippen molar-refractivity contribution in [3.8, 4) is 11.5 Å². The molecule has 0 saturated heterocycles. The lowest BCUT2D eigenvalue weighted by molar-refractivity contribution is -0.185. The van der Waals surface area contributed by atoms with Crippen molar-refractivity contribution in [2.75, 3.05) is 0 Å². The molecule has 0 aliphatic heterocycles. The van der Waals surface area contributed by atoms with Gasteiger partial charge in [0.1, 0.15) is 5.75 Å². The topological polar surface area (TPSA) is 18.5 Å². The first-order chi connectivity index (χ1) is 17.2. The van der Waals surface area contributed by atoms with Crippen LogP contribution in [0.3, 0.4) is 0 Å². The van der Waals surface area contributed by atoms with Gasteiger partial charge in [0.15, 0.2) is 11.6 Å². The average molecular weight is 511 g/mol. The Hall–Kier alpha value is -2.31. The van der Waals surface area contributed by atoms with Gasteiger partial charge in [0.05, 0.1) is 5.56 Å². The molecule has 0 aromatic heterocycles. The molecule has 0 atom stereocenters. The van der Waals surface area contributed by atoms with Gasteiger partial charge in [-0.25, -0.2) is 4.39 Å². The highest BCUT2D eigenvalue weighted by molar-refractivity contribution is 5.33. The van der Waals surface area contributed by atoms with Crippen LogP contribution in [-0.4, -0.2) is 6.61 Å². The maximum atomic E-state index is 14.6. The summed E-state index contributed by atoms with van der Waals surface area (Å²) in [6.45, 7) is -0.977. The maximum absolute atomic E-state index is 14.6. The van der Waals surface area contributed by atoms with E-state index < -0.39 is 29.9 Å². The number of hydrogen-bond donors (Lipinski definition) is 0. The quantitative estimate of drug-likeness (QED) is 0.313. The van der Waals surface area contributed by atoms with E-state index in [9.17, 15) is 22.0 Å². The molecule has 7 heteroatoms. The Morgan fingerprint density at radius 1 is 0.861 bits per heavy atom. The second-order valence-electron chi connectivity index (χ2n) is 10.4. The van der Waals surface area contributed by atoms with Crippen molar-refractivity contribution < 1.29 is 31.4 Å². The molecule has 0 spiro atoms. The Labute approximate surface area is 210 Å². The third-order valence-electron chi connectivity index (χ3n) is 8.11. The van der Waals surface area contributed by atoms with Crippen LogP contribution in [0.1, 0.15) is 88.2 Å². The first-order valence-corrected chi connectivity index (χ1v) is 13.2. The van der Waals surface area contributed by atoms with Crippen LogP contribution in [-0.2, 0) is 6.11 Å². The molecule has 2 aliphatic carbocycles. The van der Waals surface area contributed by atoms with Crippen LogP contribution in [0, 0.1) is 23.6 Å². The molecule has 0 bridgehead atoms. The number of rotatable bonds is 9. The number of hydrogen-bond acceptors (Lipinski definition) is 2. The summed E-state index contributed by atoms with van der Waals surface area (Å²) in [6.07, 6.45) is 8.98. The summed E-state index contributed by atoms with van der Waals surface area (Å²) in [5, 5.41) is 0. The van der Waals surface area contributed by atoms with E-state index in [1.807, 2.05) is 12.1 Å². The fourth-order valence-electron chi connectivity index (χ4n) is 6.17. The minimum atomic E-state index is -3.83. The molecule has 2 aromatic carbocycles. The summed E-state index contributed by atoms with van der Waals surface area (Å²) in [6, 6.07) is 8.66. The summed E-state index contributed by atoms with van der Waals surface area (Å²) >= 11 is 0. The molecule has 2 saturated carbocycles. The van der Waals surface area contributed by atoms with Crippen molar-refractivity contribution in [2.24, 2.45) is 17.8 Å². The zero-order valence-corrected chi connectivity index (χ0v) is 20.7. The zero-order valence-electron chi connectivity index (χ0n) is 20.7. The normalized spacial score (nSPS) is 25.1. The van der Waals surface area contributed by atoms with Crippen LogP contribution in [0.15, 0.2) is 42.5 Å². The third-order valence-corrected chi connectivity index (χ3v) is 8.11. The summed E-state index contributed by atoms with van der Waals surface area (Å²) in [5.41, 5.74) is 0.336. The van der Waals surface area contributed by atoms with Gasteiger partial charge in [0.25, 0.3) is 0 Å². The van der Waals surface area contributed by atoms with Crippen molar-refractivity contribution in [1.29, 1.82) is 0 Å². The Bertz CT molecular complexity index is 962. The molecule has 4 rings (SSSR count). The second kappa shape index (κ2) is 11.8. The lowest BCUT2D eigenvalue weighted by Gasteiger charge is -2.38. The molecule has 0 unspecified atom stereocenters. The highest BCUT2D eigenvalue weighted by atomic mass is 19.3. The van der Waals surface area contributed by atoms with Crippen LogP contribution in [0.5, 0.6) is 11.5 Å². The zero-order chi connectivity index (χ0) is 25.7. The van der Waals surface area contributed by atoms with Gasteiger partial charge < -0.3 is 9.47 Å².